The molecule has 1 aliphatic rings. The van der Waals surface area contributed by atoms with E-state index in [0.717, 1.165) is 0 Å². The summed E-state index contributed by atoms with van der Waals surface area (Å²) in [6.07, 6.45) is -7.20. The van der Waals surface area contributed by atoms with Crippen molar-refractivity contribution in [3.05, 3.63) is 29.5 Å². The first kappa shape index (κ1) is 34.4. The number of nitrogens with one attached hydrogen (secondary N) is 2. The number of pyridine rings is 1. The summed E-state index contributed by atoms with van der Waals surface area (Å²) in [6.45, 7) is 6.94. The molecule has 0 saturated carbocycles. The number of aliphatic hydroxyl groups excluding tert-OH is 1. The van der Waals surface area contributed by atoms with Crippen LogP contribution < -0.4 is 10.6 Å². The molecule has 0 aliphatic carbocycles. The minimum absolute atomic E-state index is 0.0697. The van der Waals surface area contributed by atoms with E-state index in [1.807, 2.05) is 11.9 Å². The molecule has 3 heterocycles. The van der Waals surface area contributed by atoms with E-state index in [-0.39, 0.29) is 49.0 Å². The molecule has 2 aromatic heterocycles. The maximum absolute atomic E-state index is 15.4. The molecule has 0 unspecified atom stereocenters. The Labute approximate surface area is 249 Å². The Balaban J connectivity index is 1.81. The zero-order valence-corrected chi connectivity index (χ0v) is 25.0. The second-order valence-electron chi connectivity index (χ2n) is 11.4. The lowest BCUT2D eigenvalue weighted by molar-refractivity contribution is -0.127. The van der Waals surface area contributed by atoms with Crippen molar-refractivity contribution in [2.75, 3.05) is 65.0 Å². The van der Waals surface area contributed by atoms with Gasteiger partial charge >= 0.3 is 12.3 Å². The summed E-state index contributed by atoms with van der Waals surface area (Å²) in [5, 5.41) is 18.8. The van der Waals surface area contributed by atoms with Gasteiger partial charge in [0.1, 0.15) is 23.3 Å². The van der Waals surface area contributed by atoms with Gasteiger partial charge in [-0.3, -0.25) is 0 Å². The minimum atomic E-state index is -4.52. The molecule has 43 heavy (non-hydrogen) atoms. The van der Waals surface area contributed by atoms with E-state index < -0.39 is 36.5 Å². The lowest BCUT2D eigenvalue weighted by atomic mass is 9.88. The fourth-order valence-corrected chi connectivity index (χ4v) is 4.83. The zero-order valence-electron chi connectivity index (χ0n) is 25.0. The van der Waals surface area contributed by atoms with E-state index in [9.17, 15) is 18.0 Å². The number of rotatable bonds is 12. The first-order valence-corrected chi connectivity index (χ1v) is 14.2. The molecule has 0 radical (unpaired) electrons. The van der Waals surface area contributed by atoms with Crippen molar-refractivity contribution in [2.45, 2.75) is 57.6 Å². The summed E-state index contributed by atoms with van der Waals surface area (Å²) in [7, 11) is 1.83. The van der Waals surface area contributed by atoms with Gasteiger partial charge in [0, 0.05) is 25.3 Å². The number of nitrogens with zero attached hydrogens (tertiary/aromatic N) is 3. The third-order valence-electron chi connectivity index (χ3n) is 6.55. The minimum Gasteiger partial charge on any atom is -0.444 e. The van der Waals surface area contributed by atoms with E-state index >= 15 is 4.39 Å². The number of hydrogen-bond acceptors (Lipinski definition) is 8. The number of halogens is 4. The van der Waals surface area contributed by atoms with Crippen molar-refractivity contribution in [1.29, 1.82) is 0 Å². The molecule has 0 spiro atoms. The summed E-state index contributed by atoms with van der Waals surface area (Å²) in [6, 6.07) is 4.09. The molecule has 3 N–H and O–H groups in total. The highest BCUT2D eigenvalue weighted by molar-refractivity contribution is 5.68. The zero-order chi connectivity index (χ0) is 31.6. The van der Waals surface area contributed by atoms with Crippen molar-refractivity contribution in [1.82, 2.24) is 19.8 Å². The summed E-state index contributed by atoms with van der Waals surface area (Å²) in [5.74, 6) is 5.47. The molecule has 1 saturated heterocycles. The van der Waals surface area contributed by atoms with Crippen LogP contribution in [0.15, 0.2) is 18.2 Å². The molecule has 10 nitrogen and oxygen atoms in total. The smallest absolute Gasteiger partial charge is 0.408 e. The topological polar surface area (TPSA) is 110 Å². The number of aliphatic hydroxyl groups is 1. The summed E-state index contributed by atoms with van der Waals surface area (Å²) < 4.78 is 73.4. The SMILES string of the molecule is CN1C[C@H](CCOCCOCCO)[C@@H](Nc2cccc3c(CC(F)(F)F)c(C#CCNC(=O)OC(C)(C)C)nn23)[C@@H](F)C1. The van der Waals surface area contributed by atoms with Crippen molar-refractivity contribution >= 4 is 17.4 Å². The Morgan fingerprint density at radius 2 is 1.86 bits per heavy atom. The first-order chi connectivity index (χ1) is 20.3. The highest BCUT2D eigenvalue weighted by Crippen LogP contribution is 2.30. The lowest BCUT2D eigenvalue weighted by Gasteiger charge is -2.40. The van der Waals surface area contributed by atoms with Gasteiger partial charge in [-0.15, -0.1) is 0 Å². The van der Waals surface area contributed by atoms with Gasteiger partial charge in [0.05, 0.1) is 51.0 Å². The fourth-order valence-electron chi connectivity index (χ4n) is 4.83. The highest BCUT2D eigenvalue weighted by atomic mass is 19.4. The average Bonchev–Trinajstić information content (AvgIpc) is 3.23. The van der Waals surface area contributed by atoms with Gasteiger partial charge in [-0.05, 0) is 58.2 Å². The van der Waals surface area contributed by atoms with Gasteiger partial charge in [0.25, 0.3) is 0 Å². The van der Waals surface area contributed by atoms with Crippen LogP contribution in [0, 0.1) is 17.8 Å². The molecular formula is C29H41F4N5O5. The number of carbonyl (C=O) groups is 1. The largest absolute Gasteiger partial charge is 0.444 e. The number of hydrogen-bond donors (Lipinski definition) is 3. The summed E-state index contributed by atoms with van der Waals surface area (Å²) in [5.41, 5.74) is -0.727. The number of ether oxygens (including phenoxy) is 3. The van der Waals surface area contributed by atoms with E-state index in [1.54, 1.807) is 32.9 Å². The molecule has 3 atom stereocenters. The van der Waals surface area contributed by atoms with Crippen LogP contribution in [0.2, 0.25) is 0 Å². The standard InChI is InChI=1S/C29H41F4N5O5/c1-28(2,3)43-27(40)34-11-6-7-23-21(17-29(31,32)33)24-8-5-9-25(38(24)36-23)35-26-20(18-37(4)19-22(26)30)10-13-41-15-16-42-14-12-39/h5,8-9,20,22,26,35,39H,10-19H2,1-4H3,(H,34,40)/t20-,22-,26+/m0/s1. The lowest BCUT2D eigenvalue weighted by Crippen LogP contribution is -2.53. The van der Waals surface area contributed by atoms with Gasteiger partial charge in [-0.1, -0.05) is 12.0 Å². The number of likely N-dealkylation sites (tertiary alicyclic amines) is 1. The van der Waals surface area contributed by atoms with E-state index in [4.69, 9.17) is 19.3 Å². The Morgan fingerprint density at radius 3 is 2.53 bits per heavy atom. The van der Waals surface area contributed by atoms with Crippen molar-refractivity contribution < 1.29 is 41.7 Å². The maximum Gasteiger partial charge on any atom is 0.408 e. The third-order valence-corrected chi connectivity index (χ3v) is 6.55. The number of fused-ring (bicyclic) bond motifs is 1. The second-order valence-corrected chi connectivity index (χ2v) is 11.4. The van der Waals surface area contributed by atoms with Crippen molar-refractivity contribution in [2.24, 2.45) is 5.92 Å². The van der Waals surface area contributed by atoms with Crippen LogP contribution in [0.1, 0.15) is 38.4 Å². The molecular weight excluding hydrogens is 574 g/mol. The van der Waals surface area contributed by atoms with Crippen LogP contribution in [0.4, 0.5) is 28.2 Å². The van der Waals surface area contributed by atoms with Crippen molar-refractivity contribution in [3.63, 3.8) is 0 Å². The average molecular weight is 616 g/mol. The normalized spacial score (nSPS) is 19.6. The van der Waals surface area contributed by atoms with Crippen LogP contribution in [-0.4, -0.2) is 109 Å². The number of anilines is 1. The quantitative estimate of drug-likeness (QED) is 0.190. The van der Waals surface area contributed by atoms with Crippen LogP contribution in [0.25, 0.3) is 5.52 Å². The molecule has 1 fully saturated rings. The summed E-state index contributed by atoms with van der Waals surface area (Å²) in [4.78, 5) is 13.8. The predicted octanol–water partition coefficient (Wildman–Crippen LogP) is 3.41. The molecule has 14 heteroatoms. The van der Waals surface area contributed by atoms with Crippen LogP contribution in [-0.2, 0) is 20.6 Å². The molecule has 2 aromatic rings. The van der Waals surface area contributed by atoms with Crippen LogP contribution in [0.3, 0.4) is 0 Å². The van der Waals surface area contributed by atoms with E-state index in [2.05, 4.69) is 27.6 Å². The van der Waals surface area contributed by atoms with Crippen LogP contribution in [0.5, 0.6) is 0 Å². The Hall–Kier alpha value is -3.12. The molecule has 0 aromatic carbocycles. The predicted molar refractivity (Wildman–Crippen MR) is 153 cm³/mol. The number of carbonyl (C=O) groups excluding carboxylic acids is 1. The Morgan fingerprint density at radius 1 is 1.14 bits per heavy atom. The monoisotopic (exact) mass is 615 g/mol. The van der Waals surface area contributed by atoms with Gasteiger partial charge in [0.2, 0.25) is 0 Å². The van der Waals surface area contributed by atoms with E-state index in [1.165, 1.54) is 10.6 Å². The molecule has 1 aliphatic heterocycles. The molecule has 3 rings (SSSR count). The number of aromatic nitrogens is 2. The van der Waals surface area contributed by atoms with Crippen LogP contribution >= 0.6 is 0 Å². The van der Waals surface area contributed by atoms with Gasteiger partial charge in [-0.25, -0.2) is 13.7 Å². The fraction of sp³-hybridized carbons (Fsp3) is 0.655. The highest BCUT2D eigenvalue weighted by Gasteiger charge is 2.37. The molecule has 0 bridgehead atoms. The number of alkyl halides is 4. The van der Waals surface area contributed by atoms with E-state index in [0.29, 0.717) is 38.6 Å². The number of alkyl carbamates (subject to hydrolysis) is 1. The maximum atomic E-state index is 15.4. The molecule has 1 amide bonds. The van der Waals surface area contributed by atoms with Gasteiger partial charge in [-0.2, -0.15) is 18.3 Å². The van der Waals surface area contributed by atoms with Gasteiger partial charge in [0.15, 0.2) is 0 Å². The summed E-state index contributed by atoms with van der Waals surface area (Å²) >= 11 is 0. The number of piperidine rings is 1. The first-order valence-electron chi connectivity index (χ1n) is 14.2. The van der Waals surface area contributed by atoms with Gasteiger partial charge < -0.3 is 34.9 Å². The number of amides is 1. The molecule has 240 valence electrons. The van der Waals surface area contributed by atoms with Crippen molar-refractivity contribution in [3.8, 4) is 11.8 Å². The Kier molecular flexibility index (Phi) is 12.4. The second kappa shape index (κ2) is 15.6. The Bertz CT molecular complexity index is 1250. The third kappa shape index (κ3) is 11.1.